The molecule has 0 spiro atoms. The van der Waals surface area contributed by atoms with E-state index in [1.54, 1.807) is 12.1 Å². The van der Waals surface area contributed by atoms with Crippen molar-refractivity contribution < 1.29 is 4.79 Å². The van der Waals surface area contributed by atoms with Crippen molar-refractivity contribution in [1.29, 1.82) is 0 Å². The number of carbonyl (C=O) groups is 1. The molecule has 92 valence electrons. The zero-order chi connectivity index (χ0) is 12.4. The highest BCUT2D eigenvalue weighted by atomic mass is 16.1. The van der Waals surface area contributed by atoms with Gasteiger partial charge in [0, 0.05) is 19.3 Å². The van der Waals surface area contributed by atoms with Gasteiger partial charge in [0.1, 0.15) is 0 Å². The summed E-state index contributed by atoms with van der Waals surface area (Å²) in [6.07, 6.45) is 3.87. The van der Waals surface area contributed by atoms with Gasteiger partial charge in [0.15, 0.2) is 0 Å². The van der Waals surface area contributed by atoms with Crippen LogP contribution in [0.2, 0.25) is 0 Å². The van der Waals surface area contributed by atoms with Crippen LogP contribution in [0.1, 0.15) is 29.6 Å². The number of amides is 1. The van der Waals surface area contributed by atoms with Crippen molar-refractivity contribution in [3.8, 4) is 0 Å². The average Bonchev–Trinajstić information content (AvgIpc) is 2.22. The number of benzene rings is 1. The Morgan fingerprint density at radius 1 is 1.47 bits per heavy atom. The molecule has 0 heterocycles. The Morgan fingerprint density at radius 3 is 2.71 bits per heavy atom. The first kappa shape index (κ1) is 11.8. The van der Waals surface area contributed by atoms with Gasteiger partial charge in [-0.25, -0.2) is 0 Å². The summed E-state index contributed by atoms with van der Waals surface area (Å²) >= 11 is 0. The molecule has 0 saturated heterocycles. The summed E-state index contributed by atoms with van der Waals surface area (Å²) in [4.78, 5) is 13.4. The molecule has 1 aromatic carbocycles. The third kappa shape index (κ3) is 2.52. The number of anilines is 2. The van der Waals surface area contributed by atoms with E-state index in [4.69, 9.17) is 11.5 Å². The monoisotopic (exact) mass is 233 g/mol. The predicted molar refractivity (Wildman–Crippen MR) is 70.0 cm³/mol. The molecule has 0 aliphatic heterocycles. The molecule has 1 aliphatic carbocycles. The van der Waals surface area contributed by atoms with Gasteiger partial charge in [-0.3, -0.25) is 4.79 Å². The van der Waals surface area contributed by atoms with Crippen molar-refractivity contribution in [2.24, 2.45) is 11.7 Å². The second-order valence-corrected chi connectivity index (χ2v) is 4.82. The zero-order valence-corrected chi connectivity index (χ0v) is 10.1. The first-order valence-electron chi connectivity index (χ1n) is 5.98. The number of nitrogens with zero attached hydrogens (tertiary/aromatic N) is 1. The molecule has 0 radical (unpaired) electrons. The largest absolute Gasteiger partial charge is 0.399 e. The zero-order valence-electron chi connectivity index (χ0n) is 10.1. The van der Waals surface area contributed by atoms with Gasteiger partial charge in [0.05, 0.1) is 11.3 Å². The SMILES string of the molecule is CN(CC1CCC1)c1cc(N)ccc1C(N)=O. The molecule has 4 nitrogen and oxygen atoms in total. The van der Waals surface area contributed by atoms with Gasteiger partial charge in [-0.05, 0) is 37.0 Å². The van der Waals surface area contributed by atoms with Crippen molar-refractivity contribution in [2.45, 2.75) is 19.3 Å². The van der Waals surface area contributed by atoms with Crippen molar-refractivity contribution in [3.05, 3.63) is 23.8 Å². The van der Waals surface area contributed by atoms with Crippen LogP contribution in [-0.2, 0) is 0 Å². The lowest BCUT2D eigenvalue weighted by molar-refractivity contribution is 0.100. The fourth-order valence-corrected chi connectivity index (χ4v) is 2.23. The molecular formula is C13H19N3O. The van der Waals surface area contributed by atoms with Crippen LogP contribution in [0.15, 0.2) is 18.2 Å². The van der Waals surface area contributed by atoms with Crippen molar-refractivity contribution in [3.63, 3.8) is 0 Å². The second kappa shape index (κ2) is 4.65. The van der Waals surface area contributed by atoms with E-state index in [-0.39, 0.29) is 0 Å². The van der Waals surface area contributed by atoms with Gasteiger partial charge >= 0.3 is 0 Å². The fourth-order valence-electron chi connectivity index (χ4n) is 2.23. The van der Waals surface area contributed by atoms with E-state index in [0.717, 1.165) is 18.2 Å². The van der Waals surface area contributed by atoms with E-state index >= 15 is 0 Å². The van der Waals surface area contributed by atoms with Crippen LogP contribution in [0.5, 0.6) is 0 Å². The number of carbonyl (C=O) groups excluding carboxylic acids is 1. The summed E-state index contributed by atoms with van der Waals surface area (Å²) in [5.74, 6) is 0.336. The average molecular weight is 233 g/mol. The van der Waals surface area contributed by atoms with E-state index < -0.39 is 5.91 Å². The number of nitrogen functional groups attached to an aromatic ring is 1. The molecule has 1 saturated carbocycles. The molecule has 2 rings (SSSR count). The molecule has 1 aromatic rings. The van der Waals surface area contributed by atoms with Gasteiger partial charge in [0.2, 0.25) is 0 Å². The minimum atomic E-state index is -0.402. The first-order chi connectivity index (χ1) is 8.08. The van der Waals surface area contributed by atoms with Crippen LogP contribution in [-0.4, -0.2) is 19.5 Å². The summed E-state index contributed by atoms with van der Waals surface area (Å²) in [5, 5.41) is 0. The Balaban J connectivity index is 2.21. The summed E-state index contributed by atoms with van der Waals surface area (Å²) in [6, 6.07) is 5.23. The van der Waals surface area contributed by atoms with Gasteiger partial charge in [-0.2, -0.15) is 0 Å². The molecule has 1 fully saturated rings. The summed E-state index contributed by atoms with van der Waals surface area (Å²) in [5.41, 5.74) is 13.2. The highest BCUT2D eigenvalue weighted by molar-refractivity contribution is 5.99. The normalized spacial score (nSPS) is 15.4. The molecule has 0 unspecified atom stereocenters. The number of hydrogen-bond donors (Lipinski definition) is 2. The number of primary amides is 1. The highest BCUT2D eigenvalue weighted by Gasteiger charge is 2.21. The van der Waals surface area contributed by atoms with Crippen LogP contribution in [0, 0.1) is 5.92 Å². The summed E-state index contributed by atoms with van der Waals surface area (Å²) < 4.78 is 0. The highest BCUT2D eigenvalue weighted by Crippen LogP contribution is 2.30. The van der Waals surface area contributed by atoms with Gasteiger partial charge in [0.25, 0.3) is 5.91 Å². The van der Waals surface area contributed by atoms with Crippen LogP contribution in [0.3, 0.4) is 0 Å². The van der Waals surface area contributed by atoms with Crippen LogP contribution < -0.4 is 16.4 Å². The Kier molecular flexibility index (Phi) is 3.22. The van der Waals surface area contributed by atoms with E-state index in [9.17, 15) is 4.79 Å². The molecule has 0 aromatic heterocycles. The lowest BCUT2D eigenvalue weighted by atomic mass is 9.85. The molecule has 0 atom stereocenters. The Labute approximate surface area is 102 Å². The molecular weight excluding hydrogens is 214 g/mol. The Bertz CT molecular complexity index is 427. The van der Waals surface area contributed by atoms with E-state index in [1.807, 2.05) is 13.1 Å². The minimum Gasteiger partial charge on any atom is -0.399 e. The predicted octanol–water partition coefficient (Wildman–Crippen LogP) is 1.60. The van der Waals surface area contributed by atoms with Crippen LogP contribution >= 0.6 is 0 Å². The second-order valence-electron chi connectivity index (χ2n) is 4.82. The van der Waals surface area contributed by atoms with Gasteiger partial charge < -0.3 is 16.4 Å². The molecule has 4 heteroatoms. The molecule has 1 aliphatic rings. The van der Waals surface area contributed by atoms with Crippen molar-refractivity contribution in [1.82, 2.24) is 0 Å². The summed E-state index contributed by atoms with van der Waals surface area (Å²) in [6.45, 7) is 0.962. The van der Waals surface area contributed by atoms with E-state index in [2.05, 4.69) is 4.90 Å². The van der Waals surface area contributed by atoms with Crippen molar-refractivity contribution >= 4 is 17.3 Å². The molecule has 17 heavy (non-hydrogen) atoms. The third-order valence-corrected chi connectivity index (χ3v) is 3.46. The summed E-state index contributed by atoms with van der Waals surface area (Å²) in [7, 11) is 1.99. The number of hydrogen-bond acceptors (Lipinski definition) is 3. The smallest absolute Gasteiger partial charge is 0.250 e. The quantitative estimate of drug-likeness (QED) is 0.776. The van der Waals surface area contributed by atoms with E-state index in [0.29, 0.717) is 11.3 Å². The molecule has 4 N–H and O–H groups in total. The lowest BCUT2D eigenvalue weighted by Crippen LogP contribution is -2.31. The topological polar surface area (TPSA) is 72.3 Å². The van der Waals surface area contributed by atoms with Gasteiger partial charge in [-0.15, -0.1) is 0 Å². The number of nitrogens with two attached hydrogens (primary N) is 2. The standard InChI is InChI=1S/C13H19N3O/c1-16(8-9-3-2-4-9)12-7-10(14)5-6-11(12)13(15)17/h5-7,9H,2-4,8,14H2,1H3,(H2,15,17). The third-order valence-electron chi connectivity index (χ3n) is 3.46. The van der Waals surface area contributed by atoms with Crippen LogP contribution in [0.25, 0.3) is 0 Å². The molecule has 1 amide bonds. The lowest BCUT2D eigenvalue weighted by Gasteiger charge is -2.32. The first-order valence-corrected chi connectivity index (χ1v) is 5.98. The van der Waals surface area contributed by atoms with Crippen molar-refractivity contribution in [2.75, 3.05) is 24.2 Å². The molecule has 0 bridgehead atoms. The van der Waals surface area contributed by atoms with E-state index in [1.165, 1.54) is 19.3 Å². The van der Waals surface area contributed by atoms with Gasteiger partial charge in [-0.1, -0.05) is 6.42 Å². The Morgan fingerprint density at radius 2 is 2.18 bits per heavy atom. The maximum atomic E-state index is 11.4. The van der Waals surface area contributed by atoms with Crippen LogP contribution in [0.4, 0.5) is 11.4 Å². The maximum absolute atomic E-state index is 11.4. The maximum Gasteiger partial charge on any atom is 0.250 e. The minimum absolute atomic E-state index is 0.402. The Hall–Kier alpha value is -1.71. The number of rotatable bonds is 4. The fraction of sp³-hybridized carbons (Fsp3) is 0.462.